The number of nitro benzene ring substituents is 1. The highest BCUT2D eigenvalue weighted by molar-refractivity contribution is 7.87. The standard InChI is InChI=1S/C20H29N5O8S/c21-17(13-20(28)33-34(31,32)16-4-2-1-3-15(16)25(29)30)24-19(27)9-12-23-18(26)6-5-14-7-10-22-11-8-14/h1-4,14,17,22H,5-13,21H2,(H,23,26)(H,24,27). The Kier molecular flexibility index (Phi) is 10.3. The van der Waals surface area contributed by atoms with Crippen molar-refractivity contribution in [1.82, 2.24) is 16.0 Å². The minimum Gasteiger partial charge on any atom is -0.356 e. The average Bonchev–Trinajstić information content (AvgIpc) is 2.77. The fourth-order valence-corrected chi connectivity index (χ4v) is 4.49. The number of rotatable bonds is 12. The van der Waals surface area contributed by atoms with E-state index in [1.165, 1.54) is 12.1 Å². The van der Waals surface area contributed by atoms with Crippen LogP contribution in [-0.4, -0.2) is 56.9 Å². The maximum absolute atomic E-state index is 12.2. The number of para-hydroxylation sites is 1. The molecule has 0 spiro atoms. The quantitative estimate of drug-likeness (QED) is 0.130. The van der Waals surface area contributed by atoms with Crippen LogP contribution in [-0.2, 0) is 28.7 Å². The second-order valence-electron chi connectivity index (χ2n) is 7.84. The second kappa shape index (κ2) is 13.0. The number of nitrogens with two attached hydrogens (primary N) is 1. The summed E-state index contributed by atoms with van der Waals surface area (Å²) in [6.07, 6.45) is 1.23. The Bertz CT molecular complexity index is 994. The van der Waals surface area contributed by atoms with Crippen molar-refractivity contribution >= 4 is 33.6 Å². The Morgan fingerprint density at radius 3 is 2.53 bits per heavy atom. The van der Waals surface area contributed by atoms with E-state index in [2.05, 4.69) is 20.1 Å². The first kappa shape index (κ1) is 27.1. The summed E-state index contributed by atoms with van der Waals surface area (Å²) in [5, 5.41) is 19.2. The Morgan fingerprint density at radius 1 is 1.18 bits per heavy atom. The minimum absolute atomic E-state index is 0.0834. The Balaban J connectivity index is 1.70. The van der Waals surface area contributed by atoms with Gasteiger partial charge in [0.15, 0.2) is 4.90 Å². The van der Waals surface area contributed by atoms with Gasteiger partial charge in [-0.15, -0.1) is 0 Å². The van der Waals surface area contributed by atoms with E-state index in [0.717, 1.165) is 44.5 Å². The van der Waals surface area contributed by atoms with Crippen LogP contribution >= 0.6 is 0 Å². The number of carbonyl (C=O) groups is 3. The van der Waals surface area contributed by atoms with Crippen LogP contribution in [0.4, 0.5) is 5.69 Å². The first-order valence-electron chi connectivity index (χ1n) is 10.8. The molecule has 0 saturated carbocycles. The fourth-order valence-electron chi connectivity index (χ4n) is 3.44. The molecule has 1 aromatic rings. The molecule has 14 heteroatoms. The van der Waals surface area contributed by atoms with Crippen molar-refractivity contribution in [3.63, 3.8) is 0 Å². The molecule has 1 fully saturated rings. The number of nitrogens with one attached hydrogen (secondary N) is 3. The Labute approximate surface area is 197 Å². The van der Waals surface area contributed by atoms with Crippen molar-refractivity contribution in [2.24, 2.45) is 11.7 Å². The smallest absolute Gasteiger partial charge is 0.348 e. The van der Waals surface area contributed by atoms with Crippen LogP contribution in [0.5, 0.6) is 0 Å². The van der Waals surface area contributed by atoms with E-state index in [4.69, 9.17) is 5.73 Å². The fraction of sp³-hybridized carbons (Fsp3) is 0.550. The van der Waals surface area contributed by atoms with Gasteiger partial charge >= 0.3 is 16.1 Å². The molecule has 1 heterocycles. The number of hydrogen-bond donors (Lipinski definition) is 4. The van der Waals surface area contributed by atoms with Crippen molar-refractivity contribution < 1.29 is 31.9 Å². The lowest BCUT2D eigenvalue weighted by Crippen LogP contribution is -2.44. The van der Waals surface area contributed by atoms with Gasteiger partial charge in [-0.3, -0.25) is 24.5 Å². The van der Waals surface area contributed by atoms with Gasteiger partial charge in [-0.1, -0.05) is 12.1 Å². The number of piperidine rings is 1. The molecule has 1 unspecified atom stereocenters. The molecular formula is C20H29N5O8S. The molecule has 0 aromatic heterocycles. The largest absolute Gasteiger partial charge is 0.356 e. The van der Waals surface area contributed by atoms with E-state index >= 15 is 0 Å². The zero-order chi connectivity index (χ0) is 25.1. The number of carbonyl (C=O) groups excluding carboxylic acids is 3. The molecule has 0 bridgehead atoms. The average molecular weight is 500 g/mol. The lowest BCUT2D eigenvalue weighted by Gasteiger charge is -2.22. The summed E-state index contributed by atoms with van der Waals surface area (Å²) in [5.74, 6) is -1.48. The van der Waals surface area contributed by atoms with Crippen LogP contribution in [0.15, 0.2) is 29.2 Å². The molecule has 1 saturated heterocycles. The Hall–Kier alpha value is -3.10. The monoisotopic (exact) mass is 499 g/mol. The number of nitrogens with zero attached hydrogens (tertiary/aromatic N) is 1. The van der Waals surface area contributed by atoms with E-state index in [9.17, 15) is 32.9 Å². The van der Waals surface area contributed by atoms with Gasteiger partial charge in [-0.05, 0) is 44.3 Å². The molecule has 0 aliphatic carbocycles. The summed E-state index contributed by atoms with van der Waals surface area (Å²) in [7, 11) is -4.76. The maximum atomic E-state index is 12.2. The van der Waals surface area contributed by atoms with E-state index in [0.29, 0.717) is 12.3 Å². The van der Waals surface area contributed by atoms with E-state index in [1.54, 1.807) is 0 Å². The minimum atomic E-state index is -4.76. The first-order valence-corrected chi connectivity index (χ1v) is 12.2. The molecule has 13 nitrogen and oxygen atoms in total. The van der Waals surface area contributed by atoms with Crippen LogP contribution in [0.2, 0.25) is 0 Å². The van der Waals surface area contributed by atoms with Gasteiger partial charge in [0.25, 0.3) is 5.69 Å². The third kappa shape index (κ3) is 9.03. The summed E-state index contributed by atoms with van der Waals surface area (Å²) in [6, 6.07) is 4.40. The number of hydrogen-bond acceptors (Lipinski definition) is 10. The van der Waals surface area contributed by atoms with Gasteiger partial charge in [0.05, 0.1) is 17.5 Å². The van der Waals surface area contributed by atoms with Crippen molar-refractivity contribution in [3.05, 3.63) is 34.4 Å². The van der Waals surface area contributed by atoms with Gasteiger partial charge in [0.1, 0.15) is 0 Å². The summed E-state index contributed by atoms with van der Waals surface area (Å²) in [6.45, 7) is 2.00. The van der Waals surface area contributed by atoms with Crippen LogP contribution in [0.1, 0.15) is 38.5 Å². The third-order valence-electron chi connectivity index (χ3n) is 5.18. The number of benzene rings is 1. The molecule has 34 heavy (non-hydrogen) atoms. The topological polar surface area (TPSA) is 200 Å². The summed E-state index contributed by atoms with van der Waals surface area (Å²) in [5.41, 5.74) is 4.90. The lowest BCUT2D eigenvalue weighted by molar-refractivity contribution is -0.387. The number of amides is 2. The molecule has 1 aliphatic heterocycles. The predicted octanol–water partition coefficient (Wildman–Crippen LogP) is -0.0961. The van der Waals surface area contributed by atoms with Crippen LogP contribution in [0.25, 0.3) is 0 Å². The van der Waals surface area contributed by atoms with Gasteiger partial charge in [0, 0.05) is 25.5 Å². The molecule has 1 aromatic carbocycles. The molecule has 1 aliphatic rings. The summed E-state index contributed by atoms with van der Waals surface area (Å²) < 4.78 is 28.8. The molecule has 5 N–H and O–H groups in total. The summed E-state index contributed by atoms with van der Waals surface area (Å²) >= 11 is 0. The Morgan fingerprint density at radius 2 is 1.85 bits per heavy atom. The van der Waals surface area contributed by atoms with Crippen LogP contribution in [0.3, 0.4) is 0 Å². The lowest BCUT2D eigenvalue weighted by atomic mass is 9.93. The SMILES string of the molecule is NC(CC(=O)OS(=O)(=O)c1ccccc1[N+](=O)[O-])NC(=O)CCNC(=O)CCC1CCNCC1. The van der Waals surface area contributed by atoms with E-state index < -0.39 is 50.1 Å². The third-order valence-corrected chi connectivity index (χ3v) is 6.47. The van der Waals surface area contributed by atoms with E-state index in [1.807, 2.05) is 0 Å². The van der Waals surface area contributed by atoms with Crippen molar-refractivity contribution in [3.8, 4) is 0 Å². The molecule has 1 atom stereocenters. The zero-order valence-electron chi connectivity index (χ0n) is 18.5. The zero-order valence-corrected chi connectivity index (χ0v) is 19.3. The van der Waals surface area contributed by atoms with Crippen molar-refractivity contribution in [1.29, 1.82) is 0 Å². The van der Waals surface area contributed by atoms with Crippen molar-refractivity contribution in [2.45, 2.75) is 49.6 Å². The summed E-state index contributed by atoms with van der Waals surface area (Å²) in [4.78, 5) is 45.1. The molecule has 0 radical (unpaired) electrons. The highest BCUT2D eigenvalue weighted by Crippen LogP contribution is 2.25. The maximum Gasteiger partial charge on any atom is 0.348 e. The van der Waals surface area contributed by atoms with Crippen LogP contribution in [0, 0.1) is 16.0 Å². The highest BCUT2D eigenvalue weighted by atomic mass is 32.2. The van der Waals surface area contributed by atoms with Gasteiger partial charge in [0.2, 0.25) is 11.8 Å². The molecule has 2 amide bonds. The highest BCUT2D eigenvalue weighted by Gasteiger charge is 2.29. The normalized spacial score (nSPS) is 15.2. The molecule has 2 rings (SSSR count). The molecular weight excluding hydrogens is 470 g/mol. The van der Waals surface area contributed by atoms with E-state index in [-0.39, 0.29) is 18.9 Å². The van der Waals surface area contributed by atoms with Gasteiger partial charge in [-0.25, -0.2) is 0 Å². The van der Waals surface area contributed by atoms with Crippen LogP contribution < -0.4 is 21.7 Å². The predicted molar refractivity (Wildman–Crippen MR) is 120 cm³/mol. The van der Waals surface area contributed by atoms with Crippen molar-refractivity contribution in [2.75, 3.05) is 19.6 Å². The molecule has 188 valence electrons. The first-order chi connectivity index (χ1) is 16.1. The number of nitro groups is 1. The van der Waals surface area contributed by atoms with Gasteiger partial charge < -0.3 is 25.9 Å². The van der Waals surface area contributed by atoms with Gasteiger partial charge in [-0.2, -0.15) is 8.42 Å². The second-order valence-corrected chi connectivity index (χ2v) is 9.36.